The summed E-state index contributed by atoms with van der Waals surface area (Å²) in [5.41, 5.74) is 1.18. The largest absolute Gasteiger partial charge is 0.493 e. The van der Waals surface area contributed by atoms with E-state index in [2.05, 4.69) is 28.0 Å². The fourth-order valence-corrected chi connectivity index (χ4v) is 3.54. The molecule has 3 rings (SSSR count). The van der Waals surface area contributed by atoms with E-state index in [0.29, 0.717) is 18.0 Å². The molecule has 1 unspecified atom stereocenters. The predicted octanol–water partition coefficient (Wildman–Crippen LogP) is 1.92. The van der Waals surface area contributed by atoms with Gasteiger partial charge in [0, 0.05) is 45.9 Å². The second kappa shape index (κ2) is 10.7. The Labute approximate surface area is 162 Å². The first-order chi connectivity index (χ1) is 13.2. The highest BCUT2D eigenvalue weighted by Crippen LogP contribution is 2.29. The number of benzene rings is 1. The van der Waals surface area contributed by atoms with Crippen molar-refractivity contribution in [3.8, 4) is 11.5 Å². The van der Waals surface area contributed by atoms with Gasteiger partial charge in [-0.3, -0.25) is 9.80 Å². The number of methoxy groups -OCH3 is 1. The van der Waals surface area contributed by atoms with Gasteiger partial charge in [-0.1, -0.05) is 18.2 Å². The molecule has 0 saturated carbocycles. The number of hydrogen-bond acceptors (Lipinski definition) is 6. The topological polar surface area (TPSA) is 54.4 Å². The Morgan fingerprint density at radius 3 is 2.85 bits per heavy atom. The van der Waals surface area contributed by atoms with Crippen LogP contribution in [0.4, 0.5) is 0 Å². The van der Waals surface area contributed by atoms with Crippen molar-refractivity contribution in [2.75, 3.05) is 59.7 Å². The molecular weight excluding hydrogens is 344 g/mol. The van der Waals surface area contributed by atoms with E-state index < -0.39 is 6.10 Å². The van der Waals surface area contributed by atoms with E-state index in [1.165, 1.54) is 5.56 Å². The molecule has 0 amide bonds. The highest BCUT2D eigenvalue weighted by atomic mass is 16.5. The first-order valence-corrected chi connectivity index (χ1v) is 9.90. The molecule has 1 fully saturated rings. The van der Waals surface area contributed by atoms with Crippen LogP contribution in [0.25, 0.3) is 0 Å². The zero-order valence-corrected chi connectivity index (χ0v) is 16.3. The lowest BCUT2D eigenvalue weighted by molar-refractivity contribution is 0.0702. The minimum absolute atomic E-state index is 0.261. The molecule has 6 nitrogen and oxygen atoms in total. The van der Waals surface area contributed by atoms with Crippen LogP contribution in [0.15, 0.2) is 30.4 Å². The summed E-state index contributed by atoms with van der Waals surface area (Å²) in [7, 11) is 1.64. The lowest BCUT2D eigenvalue weighted by atomic mass is 10.2. The average molecular weight is 376 g/mol. The highest BCUT2D eigenvalue weighted by Gasteiger charge is 2.15. The lowest BCUT2D eigenvalue weighted by Crippen LogP contribution is -2.37. The second-order valence-electron chi connectivity index (χ2n) is 7.21. The van der Waals surface area contributed by atoms with E-state index >= 15 is 0 Å². The number of aliphatic hydroxyl groups is 1. The summed E-state index contributed by atoms with van der Waals surface area (Å²) in [6, 6.07) is 6.05. The van der Waals surface area contributed by atoms with E-state index in [-0.39, 0.29) is 6.61 Å². The Hall–Kier alpha value is -1.60. The fourth-order valence-electron chi connectivity index (χ4n) is 3.54. The molecule has 2 heterocycles. The van der Waals surface area contributed by atoms with Crippen LogP contribution in [0.2, 0.25) is 0 Å². The number of ether oxygens (including phenoxy) is 3. The second-order valence-corrected chi connectivity index (χ2v) is 7.21. The van der Waals surface area contributed by atoms with Crippen molar-refractivity contribution >= 4 is 0 Å². The Morgan fingerprint density at radius 2 is 2.04 bits per heavy atom. The van der Waals surface area contributed by atoms with Crippen molar-refractivity contribution in [3.63, 3.8) is 0 Å². The van der Waals surface area contributed by atoms with Gasteiger partial charge in [0.05, 0.1) is 13.7 Å². The third-order valence-electron chi connectivity index (χ3n) is 4.99. The van der Waals surface area contributed by atoms with Crippen molar-refractivity contribution < 1.29 is 19.3 Å². The van der Waals surface area contributed by atoms with Gasteiger partial charge in [0.25, 0.3) is 0 Å². The summed E-state index contributed by atoms with van der Waals surface area (Å²) >= 11 is 0. The molecule has 0 aliphatic carbocycles. The molecule has 1 aromatic rings. The Morgan fingerprint density at radius 1 is 1.11 bits per heavy atom. The summed E-state index contributed by atoms with van der Waals surface area (Å²) in [5.74, 6) is 1.39. The summed E-state index contributed by atoms with van der Waals surface area (Å²) < 4.78 is 16.9. The van der Waals surface area contributed by atoms with Crippen molar-refractivity contribution in [1.82, 2.24) is 9.80 Å². The van der Waals surface area contributed by atoms with Gasteiger partial charge in [-0.05, 0) is 30.5 Å². The zero-order valence-electron chi connectivity index (χ0n) is 16.3. The number of aliphatic hydroxyl groups excluding tert-OH is 1. The molecule has 1 atom stereocenters. The van der Waals surface area contributed by atoms with Gasteiger partial charge >= 0.3 is 0 Å². The normalized spacial score (nSPS) is 20.2. The van der Waals surface area contributed by atoms with Gasteiger partial charge in [-0.15, -0.1) is 0 Å². The average Bonchev–Trinajstić information content (AvgIpc) is 2.96. The Balaban J connectivity index is 1.55. The fraction of sp³-hybridized carbons (Fsp3) is 0.619. The highest BCUT2D eigenvalue weighted by molar-refractivity contribution is 5.43. The summed E-state index contributed by atoms with van der Waals surface area (Å²) in [5, 5.41) is 10.3. The third-order valence-corrected chi connectivity index (χ3v) is 4.99. The standard InChI is InChI=1S/C21H32N2O4/c1-25-20-7-6-18(15-23-10-5-12-26-13-11-23)14-21(20)27-17-19(24)16-22-8-3-2-4-9-22/h2-3,6-7,14,19,24H,4-5,8-13,15-17H2,1H3. The Kier molecular flexibility index (Phi) is 7.95. The van der Waals surface area contributed by atoms with Crippen LogP contribution < -0.4 is 9.47 Å². The SMILES string of the molecule is COc1ccc(CN2CCCOCC2)cc1OCC(O)CN1CC=CCC1. The number of rotatable bonds is 8. The van der Waals surface area contributed by atoms with Crippen LogP contribution >= 0.6 is 0 Å². The molecule has 2 aliphatic rings. The van der Waals surface area contributed by atoms with Gasteiger partial charge in [-0.2, -0.15) is 0 Å². The molecule has 2 aliphatic heterocycles. The molecule has 0 bridgehead atoms. The third kappa shape index (κ3) is 6.50. The van der Waals surface area contributed by atoms with Crippen LogP contribution in [0.5, 0.6) is 11.5 Å². The van der Waals surface area contributed by atoms with E-state index in [9.17, 15) is 5.11 Å². The van der Waals surface area contributed by atoms with Crippen LogP contribution in [-0.2, 0) is 11.3 Å². The van der Waals surface area contributed by atoms with Gasteiger partial charge in [0.2, 0.25) is 0 Å². The maximum Gasteiger partial charge on any atom is 0.161 e. The molecule has 0 aromatic heterocycles. The molecule has 1 N–H and O–H groups in total. The van der Waals surface area contributed by atoms with Crippen molar-refractivity contribution in [2.24, 2.45) is 0 Å². The summed E-state index contributed by atoms with van der Waals surface area (Å²) in [6.45, 7) is 7.28. The zero-order chi connectivity index (χ0) is 18.9. The quantitative estimate of drug-likeness (QED) is 0.700. The van der Waals surface area contributed by atoms with Gasteiger partial charge < -0.3 is 19.3 Å². The van der Waals surface area contributed by atoms with E-state index in [0.717, 1.165) is 58.8 Å². The van der Waals surface area contributed by atoms with E-state index in [1.807, 2.05) is 12.1 Å². The van der Waals surface area contributed by atoms with E-state index in [1.54, 1.807) is 7.11 Å². The number of hydrogen-bond donors (Lipinski definition) is 1. The predicted molar refractivity (Wildman–Crippen MR) is 105 cm³/mol. The smallest absolute Gasteiger partial charge is 0.161 e. The summed E-state index contributed by atoms with van der Waals surface area (Å²) in [6.07, 6.45) is 5.93. The monoisotopic (exact) mass is 376 g/mol. The maximum atomic E-state index is 10.3. The van der Waals surface area contributed by atoms with Crippen LogP contribution in [0.1, 0.15) is 18.4 Å². The van der Waals surface area contributed by atoms with Crippen LogP contribution in [-0.4, -0.2) is 80.7 Å². The first kappa shape index (κ1) is 20.1. The van der Waals surface area contributed by atoms with Crippen LogP contribution in [0, 0.1) is 0 Å². The molecule has 1 aromatic carbocycles. The molecule has 6 heteroatoms. The van der Waals surface area contributed by atoms with Crippen molar-refractivity contribution in [2.45, 2.75) is 25.5 Å². The lowest BCUT2D eigenvalue weighted by Gasteiger charge is -2.26. The number of nitrogens with zero attached hydrogens (tertiary/aromatic N) is 2. The Bertz CT molecular complexity index is 600. The van der Waals surface area contributed by atoms with Gasteiger partial charge in [0.1, 0.15) is 12.7 Å². The minimum Gasteiger partial charge on any atom is -0.493 e. The van der Waals surface area contributed by atoms with Gasteiger partial charge in [0.15, 0.2) is 11.5 Å². The van der Waals surface area contributed by atoms with Gasteiger partial charge in [-0.25, -0.2) is 0 Å². The molecule has 150 valence electrons. The number of β-amino-alcohol motifs (C(OH)–C–C–N with tert-alkyl or cyclic N) is 1. The van der Waals surface area contributed by atoms with Crippen LogP contribution in [0.3, 0.4) is 0 Å². The van der Waals surface area contributed by atoms with Crippen molar-refractivity contribution in [1.29, 1.82) is 0 Å². The molecule has 27 heavy (non-hydrogen) atoms. The molecular formula is C21H32N2O4. The van der Waals surface area contributed by atoms with E-state index in [4.69, 9.17) is 14.2 Å². The molecule has 0 spiro atoms. The summed E-state index contributed by atoms with van der Waals surface area (Å²) in [4.78, 5) is 4.64. The van der Waals surface area contributed by atoms with Crippen molar-refractivity contribution in [3.05, 3.63) is 35.9 Å². The minimum atomic E-state index is -0.521. The molecule has 1 saturated heterocycles. The molecule has 0 radical (unpaired) electrons. The maximum absolute atomic E-state index is 10.3. The first-order valence-electron chi connectivity index (χ1n) is 9.90.